The monoisotopic (exact) mass is 179 g/mol. The summed E-state index contributed by atoms with van der Waals surface area (Å²) in [6, 6.07) is 2.39. The number of hydrogen-bond acceptors (Lipinski definition) is 3. The molecule has 1 aliphatic heterocycles. The van der Waals surface area contributed by atoms with Crippen LogP contribution in [0.25, 0.3) is 0 Å². The maximum atomic E-state index is 8.89. The molecule has 3 heteroatoms. The van der Waals surface area contributed by atoms with E-state index in [0.29, 0.717) is 11.8 Å². The van der Waals surface area contributed by atoms with Crippen molar-refractivity contribution in [3.63, 3.8) is 0 Å². The Morgan fingerprint density at radius 3 is 2.54 bits per heavy atom. The molecule has 3 atom stereocenters. The second-order valence-corrected chi connectivity index (χ2v) is 4.38. The van der Waals surface area contributed by atoms with Crippen LogP contribution in [0.5, 0.6) is 0 Å². The molecule has 3 rings (SSSR count). The van der Waals surface area contributed by atoms with Crippen LogP contribution in [0.2, 0.25) is 0 Å². The number of rotatable bonds is 0. The zero-order valence-electron chi connectivity index (χ0n) is 7.53. The Bertz CT molecular complexity index is 265. The van der Waals surface area contributed by atoms with Crippen LogP contribution in [-0.2, 0) is 9.47 Å². The third kappa shape index (κ3) is 0.905. The van der Waals surface area contributed by atoms with Crippen molar-refractivity contribution in [3.05, 3.63) is 0 Å². The fraction of sp³-hybridized carbons (Fsp3) is 0.900. The summed E-state index contributed by atoms with van der Waals surface area (Å²) in [6.07, 6.45) is 3.08. The average molecular weight is 179 g/mol. The third-order valence-corrected chi connectivity index (χ3v) is 3.81. The molecule has 2 aliphatic carbocycles. The van der Waals surface area contributed by atoms with E-state index in [4.69, 9.17) is 14.7 Å². The van der Waals surface area contributed by atoms with Gasteiger partial charge in [-0.15, -0.1) is 0 Å². The fourth-order valence-corrected chi connectivity index (χ4v) is 3.22. The molecule has 0 aromatic carbocycles. The largest absolute Gasteiger partial charge is 0.347 e. The zero-order chi connectivity index (χ0) is 8.89. The van der Waals surface area contributed by atoms with Gasteiger partial charge in [-0.3, -0.25) is 0 Å². The van der Waals surface area contributed by atoms with Crippen LogP contribution in [-0.4, -0.2) is 19.0 Å². The molecule has 3 nitrogen and oxygen atoms in total. The van der Waals surface area contributed by atoms with Crippen molar-refractivity contribution >= 4 is 0 Å². The molecule has 0 amide bonds. The lowest BCUT2D eigenvalue weighted by Gasteiger charge is -2.32. The molecule has 1 heterocycles. The van der Waals surface area contributed by atoms with Gasteiger partial charge in [-0.1, -0.05) is 0 Å². The fourth-order valence-electron chi connectivity index (χ4n) is 3.22. The summed E-state index contributed by atoms with van der Waals surface area (Å²) in [6.45, 7) is 1.47. The van der Waals surface area contributed by atoms with Crippen LogP contribution >= 0.6 is 0 Å². The highest BCUT2D eigenvalue weighted by Gasteiger charge is 2.58. The molecule has 0 aromatic rings. The molecule has 0 N–H and O–H groups in total. The SMILES string of the molecule is N#C[C@@H]1C[C@H]2C[C@@H]1CC21OCCO1. The molecule has 0 aromatic heterocycles. The van der Waals surface area contributed by atoms with E-state index in [-0.39, 0.29) is 11.7 Å². The van der Waals surface area contributed by atoms with E-state index in [2.05, 4.69) is 6.07 Å². The molecule has 1 spiro atoms. The summed E-state index contributed by atoms with van der Waals surface area (Å²) < 4.78 is 11.4. The first-order chi connectivity index (χ1) is 6.34. The van der Waals surface area contributed by atoms with E-state index in [1.54, 1.807) is 0 Å². The van der Waals surface area contributed by atoms with Crippen molar-refractivity contribution < 1.29 is 9.47 Å². The molecule has 3 fully saturated rings. The van der Waals surface area contributed by atoms with Gasteiger partial charge in [0, 0.05) is 18.3 Å². The van der Waals surface area contributed by atoms with Crippen molar-refractivity contribution in [2.75, 3.05) is 13.2 Å². The Hall–Kier alpha value is -0.590. The standard InChI is InChI=1S/C10H13NO2/c11-6-8-4-9-3-7(8)5-10(9)12-1-2-13-10/h7-9H,1-5H2/t7-,8+,9-/m1/s1. The van der Waals surface area contributed by atoms with E-state index in [9.17, 15) is 0 Å². The first-order valence-electron chi connectivity index (χ1n) is 5.01. The summed E-state index contributed by atoms with van der Waals surface area (Å²) in [7, 11) is 0. The Balaban J connectivity index is 1.83. The van der Waals surface area contributed by atoms with Crippen molar-refractivity contribution in [2.45, 2.75) is 25.0 Å². The normalized spacial score (nSPS) is 45.6. The van der Waals surface area contributed by atoms with Gasteiger partial charge in [-0.2, -0.15) is 5.26 Å². The third-order valence-electron chi connectivity index (χ3n) is 3.81. The van der Waals surface area contributed by atoms with Crippen LogP contribution < -0.4 is 0 Å². The van der Waals surface area contributed by atoms with Crippen molar-refractivity contribution in [1.82, 2.24) is 0 Å². The summed E-state index contributed by atoms with van der Waals surface area (Å²) >= 11 is 0. The minimum Gasteiger partial charge on any atom is -0.347 e. The van der Waals surface area contributed by atoms with Crippen LogP contribution in [0.4, 0.5) is 0 Å². The molecule has 0 radical (unpaired) electrons. The number of ether oxygens (including phenoxy) is 2. The van der Waals surface area contributed by atoms with E-state index in [1.165, 1.54) is 0 Å². The Labute approximate surface area is 77.6 Å². The predicted octanol–water partition coefficient (Wildman–Crippen LogP) is 1.30. The number of nitrogens with zero attached hydrogens (tertiary/aromatic N) is 1. The molecular formula is C10H13NO2. The maximum absolute atomic E-state index is 8.89. The smallest absolute Gasteiger partial charge is 0.171 e. The van der Waals surface area contributed by atoms with Crippen LogP contribution in [0.1, 0.15) is 19.3 Å². The maximum Gasteiger partial charge on any atom is 0.171 e. The molecule has 0 unspecified atom stereocenters. The van der Waals surface area contributed by atoms with Crippen molar-refractivity contribution in [1.29, 1.82) is 5.26 Å². The number of fused-ring (bicyclic) bond motifs is 3. The van der Waals surface area contributed by atoms with Gasteiger partial charge in [0.25, 0.3) is 0 Å². The summed E-state index contributed by atoms with van der Waals surface area (Å²) in [5.41, 5.74) is 0. The van der Waals surface area contributed by atoms with Gasteiger partial charge >= 0.3 is 0 Å². The zero-order valence-corrected chi connectivity index (χ0v) is 7.53. The van der Waals surface area contributed by atoms with E-state index < -0.39 is 0 Å². The summed E-state index contributed by atoms with van der Waals surface area (Å²) in [5, 5.41) is 8.89. The number of hydrogen-bond donors (Lipinski definition) is 0. The van der Waals surface area contributed by atoms with E-state index in [1.807, 2.05) is 0 Å². The topological polar surface area (TPSA) is 42.2 Å². The quantitative estimate of drug-likeness (QED) is 0.563. The lowest BCUT2D eigenvalue weighted by molar-refractivity contribution is -0.192. The average Bonchev–Trinajstić information content (AvgIpc) is 2.80. The van der Waals surface area contributed by atoms with Gasteiger partial charge in [0.05, 0.1) is 19.3 Å². The van der Waals surface area contributed by atoms with Gasteiger partial charge in [0.2, 0.25) is 0 Å². The molecule has 13 heavy (non-hydrogen) atoms. The van der Waals surface area contributed by atoms with Gasteiger partial charge in [0.15, 0.2) is 5.79 Å². The van der Waals surface area contributed by atoms with E-state index in [0.717, 1.165) is 32.5 Å². The van der Waals surface area contributed by atoms with Crippen molar-refractivity contribution in [3.8, 4) is 6.07 Å². The minimum atomic E-state index is -0.266. The first kappa shape index (κ1) is 7.78. The first-order valence-corrected chi connectivity index (χ1v) is 5.01. The second-order valence-electron chi connectivity index (χ2n) is 4.38. The molecule has 3 aliphatic rings. The Kier molecular flexibility index (Phi) is 1.47. The highest BCUT2D eigenvalue weighted by molar-refractivity contribution is 5.07. The summed E-state index contributed by atoms with van der Waals surface area (Å²) in [4.78, 5) is 0. The van der Waals surface area contributed by atoms with Crippen LogP contribution in [0, 0.1) is 29.1 Å². The molecular weight excluding hydrogens is 166 g/mol. The highest BCUT2D eigenvalue weighted by atomic mass is 16.7. The van der Waals surface area contributed by atoms with Gasteiger partial charge < -0.3 is 9.47 Å². The van der Waals surface area contributed by atoms with Crippen molar-refractivity contribution in [2.24, 2.45) is 17.8 Å². The molecule has 2 saturated carbocycles. The highest BCUT2D eigenvalue weighted by Crippen LogP contribution is 2.56. The predicted molar refractivity (Wildman–Crippen MR) is 44.6 cm³/mol. The lowest BCUT2D eigenvalue weighted by atomic mass is 9.86. The summed E-state index contributed by atoms with van der Waals surface area (Å²) in [5.74, 6) is 1.03. The van der Waals surface area contributed by atoms with Gasteiger partial charge in [-0.05, 0) is 18.8 Å². The van der Waals surface area contributed by atoms with Crippen LogP contribution in [0.15, 0.2) is 0 Å². The Morgan fingerprint density at radius 2 is 2.00 bits per heavy atom. The van der Waals surface area contributed by atoms with Crippen LogP contribution in [0.3, 0.4) is 0 Å². The number of nitriles is 1. The van der Waals surface area contributed by atoms with Gasteiger partial charge in [-0.25, -0.2) is 0 Å². The molecule has 1 saturated heterocycles. The molecule has 2 bridgehead atoms. The van der Waals surface area contributed by atoms with E-state index >= 15 is 0 Å². The van der Waals surface area contributed by atoms with Gasteiger partial charge in [0.1, 0.15) is 0 Å². The second kappa shape index (κ2) is 2.46. The molecule has 70 valence electrons. The minimum absolute atomic E-state index is 0.266. The Morgan fingerprint density at radius 1 is 1.23 bits per heavy atom. The lowest BCUT2D eigenvalue weighted by Crippen LogP contribution is -2.38.